The molecule has 0 saturated carbocycles. The highest BCUT2D eigenvalue weighted by atomic mass is 127. The maximum Gasteiger partial charge on any atom is 0.191 e. The minimum Gasteiger partial charge on any atom is -0.356 e. The maximum absolute atomic E-state index is 4.78. The third-order valence-corrected chi connectivity index (χ3v) is 5.26. The monoisotopic (exact) mass is 505 g/mol. The van der Waals surface area contributed by atoms with Gasteiger partial charge in [0, 0.05) is 32.6 Å². The van der Waals surface area contributed by atoms with E-state index in [2.05, 4.69) is 51.1 Å². The lowest BCUT2D eigenvalue weighted by atomic mass is 9.99. The van der Waals surface area contributed by atoms with E-state index < -0.39 is 0 Å². The van der Waals surface area contributed by atoms with Gasteiger partial charge >= 0.3 is 0 Å². The van der Waals surface area contributed by atoms with Crippen molar-refractivity contribution < 1.29 is 0 Å². The van der Waals surface area contributed by atoms with Crippen molar-refractivity contribution in [2.75, 3.05) is 39.3 Å². The second-order valence-corrected chi connectivity index (χ2v) is 7.61. The summed E-state index contributed by atoms with van der Waals surface area (Å²) >= 11 is 0. The topological polar surface area (TPSA) is 70.4 Å². The van der Waals surface area contributed by atoms with Crippen LogP contribution < -0.4 is 10.6 Å². The fraction of sp³-hybridized carbons (Fsp3) is 0.850. The number of halogens is 1. The van der Waals surface area contributed by atoms with Gasteiger partial charge in [-0.2, -0.15) is 0 Å². The maximum atomic E-state index is 4.78. The zero-order chi connectivity index (χ0) is 19.3. The Morgan fingerprint density at radius 2 is 1.89 bits per heavy atom. The predicted molar refractivity (Wildman–Crippen MR) is 127 cm³/mol. The number of nitrogens with one attached hydrogen (secondary N) is 2. The van der Waals surface area contributed by atoms with Crippen LogP contribution in [0.3, 0.4) is 0 Å². The van der Waals surface area contributed by atoms with Crippen LogP contribution in [0.5, 0.6) is 0 Å². The molecule has 1 fully saturated rings. The molecule has 162 valence electrons. The predicted octanol–water partition coefficient (Wildman–Crippen LogP) is 2.92. The lowest BCUT2D eigenvalue weighted by molar-refractivity contribution is 0.192. The normalized spacial score (nSPS) is 16.0. The zero-order valence-corrected chi connectivity index (χ0v) is 20.3. The number of aliphatic imine (C=N–C) groups is 1. The quantitative estimate of drug-likeness (QED) is 0.210. The number of rotatable bonds is 11. The Bertz CT molecular complexity index is 538. The van der Waals surface area contributed by atoms with Gasteiger partial charge in [0.2, 0.25) is 0 Å². The summed E-state index contributed by atoms with van der Waals surface area (Å²) in [6.07, 6.45) is 8.88. The van der Waals surface area contributed by atoms with E-state index in [1.165, 1.54) is 38.9 Å². The van der Waals surface area contributed by atoms with Crippen molar-refractivity contribution in [2.45, 2.75) is 65.8 Å². The molecule has 1 aliphatic heterocycles. The Morgan fingerprint density at radius 3 is 2.61 bits per heavy atom. The Kier molecular flexibility index (Phi) is 13.5. The van der Waals surface area contributed by atoms with E-state index in [-0.39, 0.29) is 24.0 Å². The third kappa shape index (κ3) is 9.54. The van der Waals surface area contributed by atoms with Crippen LogP contribution in [-0.4, -0.2) is 64.9 Å². The average molecular weight is 505 g/mol. The summed E-state index contributed by atoms with van der Waals surface area (Å²) in [5.74, 6) is 2.86. The van der Waals surface area contributed by atoms with Crippen molar-refractivity contribution in [1.82, 2.24) is 30.3 Å². The smallest absolute Gasteiger partial charge is 0.191 e. The van der Waals surface area contributed by atoms with Gasteiger partial charge in [0.15, 0.2) is 5.96 Å². The molecule has 0 unspecified atom stereocenters. The highest BCUT2D eigenvalue weighted by Crippen LogP contribution is 2.15. The molecule has 0 amide bonds. The minimum atomic E-state index is 0. The van der Waals surface area contributed by atoms with Crippen molar-refractivity contribution >= 4 is 29.9 Å². The summed E-state index contributed by atoms with van der Waals surface area (Å²) in [5.41, 5.74) is 0. The molecule has 0 radical (unpaired) electrons. The van der Waals surface area contributed by atoms with E-state index in [0.717, 1.165) is 63.1 Å². The summed E-state index contributed by atoms with van der Waals surface area (Å²) in [5, 5.41) is 15.1. The molecule has 28 heavy (non-hydrogen) atoms. The fourth-order valence-corrected chi connectivity index (χ4v) is 3.36. The first kappa shape index (κ1) is 25.1. The number of guanidine groups is 1. The fourth-order valence-electron chi connectivity index (χ4n) is 3.36. The molecule has 2 heterocycles. The first-order valence-corrected chi connectivity index (χ1v) is 10.8. The van der Waals surface area contributed by atoms with Gasteiger partial charge in [-0.05, 0) is 51.2 Å². The molecular weight excluding hydrogens is 465 g/mol. The third-order valence-electron chi connectivity index (χ3n) is 5.26. The van der Waals surface area contributed by atoms with Gasteiger partial charge < -0.3 is 20.1 Å². The van der Waals surface area contributed by atoms with Crippen molar-refractivity contribution in [3.05, 3.63) is 12.2 Å². The molecule has 7 nitrogen and oxygen atoms in total. The number of likely N-dealkylation sites (tertiary alicyclic amines) is 1. The van der Waals surface area contributed by atoms with E-state index in [1.54, 1.807) is 6.33 Å². The lowest BCUT2D eigenvalue weighted by Crippen LogP contribution is -2.39. The lowest BCUT2D eigenvalue weighted by Gasteiger charge is -2.29. The largest absolute Gasteiger partial charge is 0.356 e. The molecule has 0 spiro atoms. The van der Waals surface area contributed by atoms with Gasteiger partial charge in [0.25, 0.3) is 0 Å². The molecule has 1 aromatic rings. The van der Waals surface area contributed by atoms with E-state index in [0.29, 0.717) is 0 Å². The summed E-state index contributed by atoms with van der Waals surface area (Å²) in [4.78, 5) is 7.37. The molecular formula is C20H40IN7. The minimum absolute atomic E-state index is 0. The molecule has 2 N–H and O–H groups in total. The standard InChI is InChI=1S/C20H39N7.HI/c1-4-6-10-21-20(23-12-16-27-17-24-25-19(27)5-2)22-11-7-13-26-14-8-18(3)9-15-26;/h17-18H,4-16H2,1-3H3,(H2,21,22,23);1H. The van der Waals surface area contributed by atoms with Crippen molar-refractivity contribution in [1.29, 1.82) is 0 Å². The molecule has 1 saturated heterocycles. The summed E-state index contributed by atoms with van der Waals surface area (Å²) in [6.45, 7) is 13.9. The van der Waals surface area contributed by atoms with Gasteiger partial charge in [0.1, 0.15) is 12.2 Å². The molecule has 0 aromatic carbocycles. The molecule has 1 aliphatic rings. The van der Waals surface area contributed by atoms with Crippen LogP contribution in [0.25, 0.3) is 0 Å². The number of nitrogens with zero attached hydrogens (tertiary/aromatic N) is 5. The molecule has 0 atom stereocenters. The Balaban J connectivity index is 0.00000392. The van der Waals surface area contributed by atoms with Gasteiger partial charge in [-0.15, -0.1) is 34.2 Å². The zero-order valence-electron chi connectivity index (χ0n) is 18.0. The van der Waals surface area contributed by atoms with Crippen LogP contribution in [0, 0.1) is 5.92 Å². The van der Waals surface area contributed by atoms with E-state index >= 15 is 0 Å². The Labute approximate surface area is 188 Å². The Morgan fingerprint density at radius 1 is 1.14 bits per heavy atom. The van der Waals surface area contributed by atoms with Crippen LogP contribution >= 0.6 is 24.0 Å². The van der Waals surface area contributed by atoms with Gasteiger partial charge in [0.05, 0.1) is 0 Å². The van der Waals surface area contributed by atoms with Crippen LogP contribution in [-0.2, 0) is 13.0 Å². The van der Waals surface area contributed by atoms with E-state index in [1.807, 2.05) is 0 Å². The van der Waals surface area contributed by atoms with Gasteiger partial charge in [-0.3, -0.25) is 4.99 Å². The number of aryl methyl sites for hydroxylation is 1. The van der Waals surface area contributed by atoms with Crippen molar-refractivity contribution in [3.8, 4) is 0 Å². The highest BCUT2D eigenvalue weighted by Gasteiger charge is 2.14. The molecule has 0 bridgehead atoms. The number of unbranched alkanes of at least 4 members (excludes halogenated alkanes) is 1. The van der Waals surface area contributed by atoms with E-state index in [9.17, 15) is 0 Å². The summed E-state index contributed by atoms with van der Waals surface area (Å²) < 4.78 is 2.11. The second kappa shape index (κ2) is 15.0. The Hall–Kier alpha value is -0.900. The van der Waals surface area contributed by atoms with Crippen LogP contribution in [0.1, 0.15) is 58.7 Å². The number of piperidine rings is 1. The van der Waals surface area contributed by atoms with Crippen LogP contribution in [0.4, 0.5) is 0 Å². The van der Waals surface area contributed by atoms with E-state index in [4.69, 9.17) is 4.99 Å². The molecule has 8 heteroatoms. The second-order valence-electron chi connectivity index (χ2n) is 7.61. The van der Waals surface area contributed by atoms with Gasteiger partial charge in [-0.25, -0.2) is 0 Å². The first-order chi connectivity index (χ1) is 13.2. The highest BCUT2D eigenvalue weighted by molar-refractivity contribution is 14.0. The summed E-state index contributed by atoms with van der Waals surface area (Å²) in [6, 6.07) is 0. The summed E-state index contributed by atoms with van der Waals surface area (Å²) in [7, 11) is 0. The van der Waals surface area contributed by atoms with Gasteiger partial charge in [-0.1, -0.05) is 27.2 Å². The molecule has 1 aromatic heterocycles. The average Bonchev–Trinajstić information content (AvgIpc) is 3.14. The molecule has 2 rings (SSSR count). The van der Waals surface area contributed by atoms with Crippen molar-refractivity contribution in [2.24, 2.45) is 10.9 Å². The SMILES string of the molecule is CCCCNC(=NCCCN1CCC(C)CC1)NCCn1cnnc1CC.I. The van der Waals surface area contributed by atoms with Crippen LogP contribution in [0.15, 0.2) is 11.3 Å². The molecule has 0 aliphatic carbocycles. The number of aromatic nitrogens is 3. The number of hydrogen-bond donors (Lipinski definition) is 2. The van der Waals surface area contributed by atoms with Crippen LogP contribution in [0.2, 0.25) is 0 Å². The number of hydrogen-bond acceptors (Lipinski definition) is 4. The first-order valence-electron chi connectivity index (χ1n) is 10.8. The van der Waals surface area contributed by atoms with Crippen molar-refractivity contribution in [3.63, 3.8) is 0 Å².